The number of rotatable bonds is 1. The Balaban J connectivity index is 2.35. The molecule has 3 atom stereocenters. The van der Waals surface area contributed by atoms with Crippen molar-refractivity contribution in [3.63, 3.8) is 0 Å². The summed E-state index contributed by atoms with van der Waals surface area (Å²) in [6.45, 7) is 1.94. The summed E-state index contributed by atoms with van der Waals surface area (Å²) in [5.41, 5.74) is 7.08. The summed E-state index contributed by atoms with van der Waals surface area (Å²) in [5.74, 6) is 0. The van der Waals surface area contributed by atoms with E-state index in [1.807, 2.05) is 37.3 Å². The molecule has 1 heterocycles. The van der Waals surface area contributed by atoms with Gasteiger partial charge in [0.05, 0.1) is 6.04 Å². The van der Waals surface area contributed by atoms with E-state index < -0.39 is 6.09 Å². The maximum Gasteiger partial charge on any atom is 0.408 e. The van der Waals surface area contributed by atoms with Crippen molar-refractivity contribution in [1.29, 1.82) is 0 Å². The van der Waals surface area contributed by atoms with Crippen LogP contribution in [0, 0.1) is 0 Å². The predicted octanol–water partition coefficient (Wildman–Crippen LogP) is 2.22. The average molecular weight is 234 g/mol. The lowest BCUT2D eigenvalue weighted by Gasteiger charge is -2.42. The number of nitrogens with two attached hydrogens (primary N) is 1. The third-order valence-electron chi connectivity index (χ3n) is 3.46. The minimum Gasteiger partial charge on any atom is -0.465 e. The first-order valence-electron chi connectivity index (χ1n) is 5.93. The molecular formula is C13H18N2O2. The predicted molar refractivity (Wildman–Crippen MR) is 65.7 cm³/mol. The summed E-state index contributed by atoms with van der Waals surface area (Å²) in [6, 6.07) is 9.33. The number of likely N-dealkylation sites (tertiary alicyclic amines) is 1. The van der Waals surface area contributed by atoms with E-state index in [-0.39, 0.29) is 18.1 Å². The van der Waals surface area contributed by atoms with Crippen molar-refractivity contribution in [2.24, 2.45) is 5.73 Å². The number of hydrogen-bond acceptors (Lipinski definition) is 2. The number of carbonyl (C=O) groups is 1. The summed E-state index contributed by atoms with van der Waals surface area (Å²) in [7, 11) is 0. The number of piperidine rings is 1. The molecule has 2 rings (SSSR count). The maximum atomic E-state index is 11.4. The van der Waals surface area contributed by atoms with Gasteiger partial charge >= 0.3 is 6.09 Å². The van der Waals surface area contributed by atoms with Crippen LogP contribution in [-0.2, 0) is 0 Å². The Bertz CT molecular complexity index is 394. The molecule has 3 unspecified atom stereocenters. The number of carboxylic acid groups (broad SMARTS) is 1. The Kier molecular flexibility index (Phi) is 3.33. The molecule has 0 bridgehead atoms. The molecule has 0 radical (unpaired) electrons. The molecule has 1 saturated heterocycles. The topological polar surface area (TPSA) is 66.6 Å². The van der Waals surface area contributed by atoms with Gasteiger partial charge in [-0.2, -0.15) is 0 Å². The van der Waals surface area contributed by atoms with E-state index in [0.717, 1.165) is 18.4 Å². The SMILES string of the molecule is CC1CCC(N)C(c2ccccc2)N1C(=O)O. The van der Waals surface area contributed by atoms with E-state index in [9.17, 15) is 9.90 Å². The molecule has 92 valence electrons. The third kappa shape index (κ3) is 2.26. The molecular weight excluding hydrogens is 216 g/mol. The Hall–Kier alpha value is -1.55. The van der Waals surface area contributed by atoms with Crippen LogP contribution in [0.5, 0.6) is 0 Å². The fourth-order valence-corrected chi connectivity index (χ4v) is 2.58. The fourth-order valence-electron chi connectivity index (χ4n) is 2.58. The number of hydrogen-bond donors (Lipinski definition) is 2. The van der Waals surface area contributed by atoms with E-state index in [4.69, 9.17) is 5.73 Å². The first-order chi connectivity index (χ1) is 8.11. The molecule has 17 heavy (non-hydrogen) atoms. The highest BCUT2D eigenvalue weighted by Gasteiger charge is 2.37. The molecule has 0 aromatic heterocycles. The van der Waals surface area contributed by atoms with Crippen LogP contribution >= 0.6 is 0 Å². The van der Waals surface area contributed by atoms with Gasteiger partial charge in [0.2, 0.25) is 0 Å². The highest BCUT2D eigenvalue weighted by atomic mass is 16.4. The van der Waals surface area contributed by atoms with Gasteiger partial charge in [0, 0.05) is 12.1 Å². The van der Waals surface area contributed by atoms with Gasteiger partial charge in [0.15, 0.2) is 0 Å². The third-order valence-corrected chi connectivity index (χ3v) is 3.46. The molecule has 0 aliphatic carbocycles. The van der Waals surface area contributed by atoms with E-state index in [2.05, 4.69) is 0 Å². The maximum absolute atomic E-state index is 11.4. The van der Waals surface area contributed by atoms with E-state index in [1.165, 1.54) is 4.90 Å². The molecule has 1 aromatic rings. The van der Waals surface area contributed by atoms with Gasteiger partial charge in [-0.3, -0.25) is 4.90 Å². The van der Waals surface area contributed by atoms with Gasteiger partial charge < -0.3 is 10.8 Å². The highest BCUT2D eigenvalue weighted by molar-refractivity contribution is 5.66. The first kappa shape index (κ1) is 11.9. The van der Waals surface area contributed by atoms with Crippen molar-refractivity contribution in [3.8, 4) is 0 Å². The van der Waals surface area contributed by atoms with Crippen LogP contribution in [0.3, 0.4) is 0 Å². The van der Waals surface area contributed by atoms with Gasteiger partial charge in [-0.05, 0) is 25.3 Å². The summed E-state index contributed by atoms with van der Waals surface area (Å²) in [6.07, 6.45) is 0.808. The van der Waals surface area contributed by atoms with Gasteiger partial charge in [0.25, 0.3) is 0 Å². The van der Waals surface area contributed by atoms with Gasteiger partial charge in [0.1, 0.15) is 0 Å². The Labute approximate surface area is 101 Å². The molecule has 4 heteroatoms. The highest BCUT2D eigenvalue weighted by Crippen LogP contribution is 2.33. The van der Waals surface area contributed by atoms with Gasteiger partial charge in [-0.25, -0.2) is 4.79 Å². The van der Waals surface area contributed by atoms with Crippen LogP contribution in [0.4, 0.5) is 4.79 Å². The second-order valence-electron chi connectivity index (χ2n) is 4.64. The minimum absolute atomic E-state index is 0.0255. The van der Waals surface area contributed by atoms with Crippen LogP contribution in [0.15, 0.2) is 30.3 Å². The Morgan fingerprint density at radius 1 is 1.35 bits per heavy atom. The second kappa shape index (κ2) is 4.75. The van der Waals surface area contributed by atoms with Crippen molar-refractivity contribution in [2.45, 2.75) is 37.9 Å². The number of benzene rings is 1. The molecule has 0 spiro atoms. The standard InChI is InChI=1S/C13H18N2O2/c1-9-7-8-11(14)12(15(9)13(16)17)10-5-3-2-4-6-10/h2-6,9,11-12H,7-8,14H2,1H3,(H,16,17). The summed E-state index contributed by atoms with van der Waals surface area (Å²) in [5, 5.41) is 9.33. The first-order valence-corrected chi connectivity index (χ1v) is 5.93. The lowest BCUT2D eigenvalue weighted by Crippen LogP contribution is -2.52. The van der Waals surface area contributed by atoms with Crippen molar-refractivity contribution < 1.29 is 9.90 Å². The molecule has 1 amide bonds. The van der Waals surface area contributed by atoms with Crippen molar-refractivity contribution in [1.82, 2.24) is 4.90 Å². The van der Waals surface area contributed by atoms with Gasteiger partial charge in [-0.15, -0.1) is 0 Å². The zero-order valence-corrected chi connectivity index (χ0v) is 9.91. The summed E-state index contributed by atoms with van der Waals surface area (Å²) >= 11 is 0. The lowest BCUT2D eigenvalue weighted by atomic mass is 9.88. The normalized spacial score (nSPS) is 29.1. The molecule has 1 aliphatic rings. The largest absolute Gasteiger partial charge is 0.465 e. The molecule has 4 nitrogen and oxygen atoms in total. The van der Waals surface area contributed by atoms with E-state index >= 15 is 0 Å². The molecule has 1 aromatic carbocycles. The quantitative estimate of drug-likeness (QED) is 0.783. The minimum atomic E-state index is -0.887. The Morgan fingerprint density at radius 2 is 2.00 bits per heavy atom. The monoisotopic (exact) mass is 234 g/mol. The van der Waals surface area contributed by atoms with Crippen LogP contribution < -0.4 is 5.73 Å². The zero-order chi connectivity index (χ0) is 12.4. The van der Waals surface area contributed by atoms with Crippen molar-refractivity contribution in [2.75, 3.05) is 0 Å². The summed E-state index contributed by atoms with van der Waals surface area (Å²) < 4.78 is 0. The fraction of sp³-hybridized carbons (Fsp3) is 0.462. The number of amides is 1. The Morgan fingerprint density at radius 3 is 2.59 bits per heavy atom. The average Bonchev–Trinajstić information content (AvgIpc) is 2.32. The van der Waals surface area contributed by atoms with Crippen LogP contribution in [0.2, 0.25) is 0 Å². The van der Waals surface area contributed by atoms with Crippen LogP contribution in [-0.4, -0.2) is 28.2 Å². The smallest absolute Gasteiger partial charge is 0.408 e. The van der Waals surface area contributed by atoms with Crippen LogP contribution in [0.1, 0.15) is 31.4 Å². The molecule has 1 fully saturated rings. The van der Waals surface area contributed by atoms with Gasteiger partial charge in [-0.1, -0.05) is 30.3 Å². The number of nitrogens with zero attached hydrogens (tertiary/aromatic N) is 1. The van der Waals surface area contributed by atoms with Crippen LogP contribution in [0.25, 0.3) is 0 Å². The molecule has 0 saturated carbocycles. The molecule has 1 aliphatic heterocycles. The molecule has 3 N–H and O–H groups in total. The van der Waals surface area contributed by atoms with Crippen molar-refractivity contribution >= 4 is 6.09 Å². The zero-order valence-electron chi connectivity index (χ0n) is 9.91. The second-order valence-corrected chi connectivity index (χ2v) is 4.64. The van der Waals surface area contributed by atoms with E-state index in [0.29, 0.717) is 0 Å². The van der Waals surface area contributed by atoms with Crippen molar-refractivity contribution in [3.05, 3.63) is 35.9 Å². The summed E-state index contributed by atoms with van der Waals surface area (Å²) in [4.78, 5) is 12.9. The lowest BCUT2D eigenvalue weighted by molar-refractivity contribution is 0.0672. The van der Waals surface area contributed by atoms with E-state index in [1.54, 1.807) is 0 Å².